The van der Waals surface area contributed by atoms with Gasteiger partial charge >= 0.3 is 0 Å². The van der Waals surface area contributed by atoms with Crippen molar-refractivity contribution in [2.24, 2.45) is 12.8 Å². The number of rotatable bonds is 5. The molecule has 1 heterocycles. The Balaban J connectivity index is 2.54. The molecule has 0 aliphatic heterocycles. The van der Waals surface area contributed by atoms with Gasteiger partial charge in [-0.25, -0.2) is 0 Å². The number of aryl methyl sites for hydroxylation is 1. The molecule has 1 rings (SSSR count). The molecule has 0 saturated heterocycles. The lowest BCUT2D eigenvalue weighted by atomic mass is 10.1. The van der Waals surface area contributed by atoms with Gasteiger partial charge < -0.3 is 15.8 Å². The molecule has 0 aromatic carbocycles. The Morgan fingerprint density at radius 3 is 2.94 bits per heavy atom. The molecule has 0 radical (unpaired) electrons. The maximum Gasteiger partial charge on any atom is 0.241 e. The summed E-state index contributed by atoms with van der Waals surface area (Å²) in [7, 11) is 3.37. The molecule has 0 aliphatic carbocycles. The van der Waals surface area contributed by atoms with Gasteiger partial charge in [0.2, 0.25) is 5.91 Å². The van der Waals surface area contributed by atoms with Crippen LogP contribution < -0.4 is 11.1 Å². The second kappa shape index (κ2) is 5.62. The van der Waals surface area contributed by atoms with E-state index in [-0.39, 0.29) is 11.9 Å². The van der Waals surface area contributed by atoms with Crippen molar-refractivity contribution >= 4 is 5.91 Å². The summed E-state index contributed by atoms with van der Waals surface area (Å²) in [5.74, 6) is -0.224. The van der Waals surface area contributed by atoms with Crippen molar-refractivity contribution < 1.29 is 9.53 Å². The largest absolute Gasteiger partial charge is 0.383 e. The number of nitrogens with one attached hydrogen (secondary N) is 1. The Morgan fingerprint density at radius 1 is 1.75 bits per heavy atom. The summed E-state index contributed by atoms with van der Waals surface area (Å²) in [6, 6.07) is -0.742. The summed E-state index contributed by atoms with van der Waals surface area (Å²) < 4.78 is 6.53. The quantitative estimate of drug-likeness (QED) is 0.714. The predicted octanol–water partition coefficient (Wildman–Crippen LogP) is -0.429. The van der Waals surface area contributed by atoms with Crippen molar-refractivity contribution in [2.45, 2.75) is 19.0 Å². The van der Waals surface area contributed by atoms with Crippen molar-refractivity contribution in [2.75, 3.05) is 13.7 Å². The fourth-order valence-electron chi connectivity index (χ4n) is 1.38. The average molecular weight is 226 g/mol. The summed E-state index contributed by atoms with van der Waals surface area (Å²) in [6.45, 7) is 2.32. The molecule has 16 heavy (non-hydrogen) atoms. The lowest BCUT2D eigenvalue weighted by Crippen LogP contribution is -2.41. The molecule has 2 unspecified atom stereocenters. The van der Waals surface area contributed by atoms with Gasteiger partial charge in [-0.1, -0.05) is 0 Å². The van der Waals surface area contributed by atoms with E-state index in [1.165, 1.54) is 0 Å². The van der Waals surface area contributed by atoms with Crippen LogP contribution in [0.15, 0.2) is 12.4 Å². The highest BCUT2D eigenvalue weighted by Crippen LogP contribution is 2.08. The third-order valence-corrected chi connectivity index (χ3v) is 2.17. The van der Waals surface area contributed by atoms with Crippen LogP contribution in [-0.2, 0) is 16.6 Å². The summed E-state index contributed by atoms with van der Waals surface area (Å²) in [5.41, 5.74) is 6.49. The van der Waals surface area contributed by atoms with Gasteiger partial charge in [0.15, 0.2) is 0 Å². The van der Waals surface area contributed by atoms with E-state index in [2.05, 4.69) is 10.4 Å². The first-order valence-corrected chi connectivity index (χ1v) is 5.08. The zero-order valence-electron chi connectivity index (χ0n) is 9.80. The van der Waals surface area contributed by atoms with Crippen molar-refractivity contribution in [3.05, 3.63) is 18.0 Å². The number of carbonyl (C=O) groups excluding carboxylic acids is 1. The van der Waals surface area contributed by atoms with Crippen LogP contribution in [-0.4, -0.2) is 35.4 Å². The molecular weight excluding hydrogens is 208 g/mol. The predicted molar refractivity (Wildman–Crippen MR) is 59.6 cm³/mol. The molecule has 0 aliphatic rings. The molecule has 1 amide bonds. The first-order chi connectivity index (χ1) is 7.54. The molecule has 90 valence electrons. The highest BCUT2D eigenvalue weighted by molar-refractivity contribution is 5.83. The summed E-state index contributed by atoms with van der Waals surface area (Å²) in [4.78, 5) is 11.7. The minimum atomic E-state index is -0.687. The Hall–Kier alpha value is -1.40. The van der Waals surface area contributed by atoms with Crippen LogP contribution in [0.3, 0.4) is 0 Å². The highest BCUT2D eigenvalue weighted by Gasteiger charge is 2.18. The summed E-state index contributed by atoms with van der Waals surface area (Å²) in [5, 5.41) is 6.73. The van der Waals surface area contributed by atoms with E-state index < -0.39 is 6.04 Å². The monoisotopic (exact) mass is 226 g/mol. The smallest absolute Gasteiger partial charge is 0.241 e. The topological polar surface area (TPSA) is 82.2 Å². The van der Waals surface area contributed by atoms with Crippen LogP contribution in [0.5, 0.6) is 0 Å². The Morgan fingerprint density at radius 2 is 2.44 bits per heavy atom. The molecule has 2 atom stereocenters. The van der Waals surface area contributed by atoms with E-state index in [4.69, 9.17) is 10.5 Å². The first-order valence-electron chi connectivity index (χ1n) is 5.08. The van der Waals surface area contributed by atoms with Gasteiger partial charge in [0, 0.05) is 32.0 Å². The zero-order valence-corrected chi connectivity index (χ0v) is 9.80. The van der Waals surface area contributed by atoms with Crippen LogP contribution in [0, 0.1) is 0 Å². The number of nitrogens with two attached hydrogens (primary N) is 1. The van der Waals surface area contributed by atoms with Crippen LogP contribution in [0.4, 0.5) is 0 Å². The Kier molecular flexibility index (Phi) is 4.45. The number of ether oxygens (including phenoxy) is 1. The molecule has 0 saturated carbocycles. The van der Waals surface area contributed by atoms with Gasteiger partial charge in [-0.05, 0) is 6.92 Å². The lowest BCUT2D eigenvalue weighted by molar-refractivity contribution is -0.123. The van der Waals surface area contributed by atoms with Gasteiger partial charge in [0.25, 0.3) is 0 Å². The van der Waals surface area contributed by atoms with Crippen LogP contribution in [0.1, 0.15) is 18.5 Å². The number of carbonyl (C=O) groups is 1. The van der Waals surface area contributed by atoms with E-state index in [1.807, 2.05) is 6.92 Å². The normalized spacial score (nSPS) is 14.5. The van der Waals surface area contributed by atoms with Gasteiger partial charge in [-0.15, -0.1) is 0 Å². The second-order valence-corrected chi connectivity index (χ2v) is 3.79. The zero-order chi connectivity index (χ0) is 12.1. The van der Waals surface area contributed by atoms with Crippen molar-refractivity contribution in [1.29, 1.82) is 0 Å². The second-order valence-electron chi connectivity index (χ2n) is 3.79. The number of hydrogen-bond acceptors (Lipinski definition) is 4. The average Bonchev–Trinajstić information content (AvgIpc) is 2.64. The van der Waals surface area contributed by atoms with E-state index in [9.17, 15) is 4.79 Å². The molecule has 3 N–H and O–H groups in total. The maximum absolute atomic E-state index is 11.7. The number of amides is 1. The van der Waals surface area contributed by atoms with Gasteiger partial charge in [0.1, 0.15) is 6.04 Å². The van der Waals surface area contributed by atoms with Gasteiger partial charge in [-0.3, -0.25) is 9.48 Å². The minimum absolute atomic E-state index is 0.0554. The molecule has 0 fully saturated rings. The summed E-state index contributed by atoms with van der Waals surface area (Å²) in [6.07, 6.45) is 3.32. The van der Waals surface area contributed by atoms with Gasteiger partial charge in [0.05, 0.1) is 12.8 Å². The summed E-state index contributed by atoms with van der Waals surface area (Å²) >= 11 is 0. The molecule has 1 aromatic rings. The Bertz CT molecular complexity index is 350. The number of hydrogen-bond donors (Lipinski definition) is 2. The minimum Gasteiger partial charge on any atom is -0.383 e. The van der Waals surface area contributed by atoms with Crippen LogP contribution >= 0.6 is 0 Å². The van der Waals surface area contributed by atoms with Crippen LogP contribution in [0.2, 0.25) is 0 Å². The molecule has 0 bridgehead atoms. The number of aromatic nitrogens is 2. The third kappa shape index (κ3) is 3.32. The van der Waals surface area contributed by atoms with E-state index in [0.717, 1.165) is 0 Å². The standard InChI is InChI=1S/C10H18N4O2/c1-7(6-16-3)13-10(15)9(11)8-4-12-14(2)5-8/h4-5,7,9H,6,11H2,1-3H3,(H,13,15). The fraction of sp³-hybridized carbons (Fsp3) is 0.600. The molecule has 6 nitrogen and oxygen atoms in total. The van der Waals surface area contributed by atoms with E-state index in [1.54, 1.807) is 31.2 Å². The van der Waals surface area contributed by atoms with Crippen molar-refractivity contribution in [3.8, 4) is 0 Å². The third-order valence-electron chi connectivity index (χ3n) is 2.17. The van der Waals surface area contributed by atoms with Crippen molar-refractivity contribution in [1.82, 2.24) is 15.1 Å². The SMILES string of the molecule is COCC(C)NC(=O)C(N)c1cnn(C)c1. The highest BCUT2D eigenvalue weighted by atomic mass is 16.5. The fourth-order valence-corrected chi connectivity index (χ4v) is 1.38. The first kappa shape index (κ1) is 12.7. The van der Waals surface area contributed by atoms with Gasteiger partial charge in [-0.2, -0.15) is 5.10 Å². The van der Waals surface area contributed by atoms with E-state index >= 15 is 0 Å². The molecule has 1 aromatic heterocycles. The number of nitrogens with zero attached hydrogens (tertiary/aromatic N) is 2. The molecule has 6 heteroatoms. The molecule has 0 spiro atoms. The molecular formula is C10H18N4O2. The maximum atomic E-state index is 11.7. The van der Waals surface area contributed by atoms with Crippen LogP contribution in [0.25, 0.3) is 0 Å². The number of methoxy groups -OCH3 is 1. The van der Waals surface area contributed by atoms with Crippen molar-refractivity contribution in [3.63, 3.8) is 0 Å². The Labute approximate surface area is 94.8 Å². The lowest BCUT2D eigenvalue weighted by Gasteiger charge is -2.15. The van der Waals surface area contributed by atoms with E-state index in [0.29, 0.717) is 12.2 Å².